The highest BCUT2D eigenvalue weighted by Gasteiger charge is 2.13. The van der Waals surface area contributed by atoms with Crippen molar-refractivity contribution in [2.24, 2.45) is 0 Å². The second kappa shape index (κ2) is 6.14. The maximum atomic E-state index is 11.0. The topological polar surface area (TPSA) is 85.9 Å². The lowest BCUT2D eigenvalue weighted by Crippen LogP contribution is -2.03. The Morgan fingerprint density at radius 3 is 2.80 bits per heavy atom. The third-order valence-corrected chi connectivity index (χ3v) is 2.83. The van der Waals surface area contributed by atoms with E-state index in [0.29, 0.717) is 11.5 Å². The van der Waals surface area contributed by atoms with Gasteiger partial charge in [0.05, 0.1) is 22.9 Å². The monoisotopic (exact) mass is 275 g/mol. The van der Waals surface area contributed by atoms with Crippen molar-refractivity contribution in [1.82, 2.24) is 14.8 Å². The van der Waals surface area contributed by atoms with E-state index in [9.17, 15) is 10.1 Å². The van der Waals surface area contributed by atoms with Crippen LogP contribution < -0.4 is 5.32 Å². The van der Waals surface area contributed by atoms with Crippen LogP contribution in [-0.2, 0) is 6.54 Å². The second-order valence-corrected chi connectivity index (χ2v) is 4.36. The molecule has 2 heterocycles. The molecule has 7 nitrogen and oxygen atoms in total. The average molecular weight is 275 g/mol. The highest BCUT2D eigenvalue weighted by molar-refractivity contribution is 5.64. The summed E-state index contributed by atoms with van der Waals surface area (Å²) in [5.74, 6) is 0.514. The van der Waals surface area contributed by atoms with Gasteiger partial charge in [0.15, 0.2) is 0 Å². The maximum Gasteiger partial charge on any atom is 0.275 e. The molecule has 0 atom stereocenters. The van der Waals surface area contributed by atoms with Crippen molar-refractivity contribution in [2.75, 3.05) is 11.9 Å². The van der Waals surface area contributed by atoms with Gasteiger partial charge in [-0.05, 0) is 13.3 Å². The lowest BCUT2D eigenvalue weighted by atomic mass is 10.2. The van der Waals surface area contributed by atoms with Crippen LogP contribution in [0.4, 0.5) is 11.5 Å². The van der Waals surface area contributed by atoms with Gasteiger partial charge in [0.1, 0.15) is 5.82 Å². The SMILES string of the molecule is CCCNc1cc([N+](=O)[O-])cc(-c2cnn(CC)c2)n1. The van der Waals surface area contributed by atoms with Gasteiger partial charge in [-0.2, -0.15) is 5.10 Å². The number of nitrogens with one attached hydrogen (secondary N) is 1. The van der Waals surface area contributed by atoms with Crippen molar-refractivity contribution in [1.29, 1.82) is 0 Å². The molecule has 0 amide bonds. The van der Waals surface area contributed by atoms with E-state index >= 15 is 0 Å². The van der Waals surface area contributed by atoms with Crippen LogP contribution in [-0.4, -0.2) is 26.2 Å². The zero-order chi connectivity index (χ0) is 14.5. The van der Waals surface area contributed by atoms with E-state index in [1.54, 1.807) is 10.9 Å². The minimum Gasteiger partial charge on any atom is -0.370 e. The molecule has 0 aliphatic heterocycles. The molecule has 0 fully saturated rings. The predicted octanol–water partition coefficient (Wildman–Crippen LogP) is 2.70. The summed E-state index contributed by atoms with van der Waals surface area (Å²) >= 11 is 0. The summed E-state index contributed by atoms with van der Waals surface area (Å²) in [6, 6.07) is 2.91. The molecular formula is C13H17N5O2. The Morgan fingerprint density at radius 1 is 1.40 bits per heavy atom. The Bertz CT molecular complexity index is 609. The number of nitro groups is 1. The zero-order valence-electron chi connectivity index (χ0n) is 11.5. The van der Waals surface area contributed by atoms with Gasteiger partial charge in [-0.25, -0.2) is 4.98 Å². The van der Waals surface area contributed by atoms with Crippen LogP contribution in [0, 0.1) is 10.1 Å². The van der Waals surface area contributed by atoms with E-state index in [4.69, 9.17) is 0 Å². The van der Waals surface area contributed by atoms with E-state index < -0.39 is 4.92 Å². The molecule has 7 heteroatoms. The summed E-state index contributed by atoms with van der Waals surface area (Å²) < 4.78 is 1.76. The Morgan fingerprint density at radius 2 is 2.20 bits per heavy atom. The van der Waals surface area contributed by atoms with Crippen LogP contribution in [0.25, 0.3) is 11.3 Å². The van der Waals surface area contributed by atoms with Crippen molar-refractivity contribution in [3.8, 4) is 11.3 Å². The third-order valence-electron chi connectivity index (χ3n) is 2.83. The summed E-state index contributed by atoms with van der Waals surface area (Å²) in [6.45, 7) is 5.47. The molecule has 106 valence electrons. The Kier molecular flexibility index (Phi) is 4.29. The molecule has 0 bridgehead atoms. The molecule has 0 spiro atoms. The van der Waals surface area contributed by atoms with E-state index in [-0.39, 0.29) is 5.69 Å². The quantitative estimate of drug-likeness (QED) is 0.647. The molecule has 0 aliphatic carbocycles. The summed E-state index contributed by atoms with van der Waals surface area (Å²) in [5, 5.41) is 18.2. The Labute approximate surface area is 116 Å². The summed E-state index contributed by atoms with van der Waals surface area (Å²) in [4.78, 5) is 15.0. The van der Waals surface area contributed by atoms with Gasteiger partial charge in [0.25, 0.3) is 5.69 Å². The van der Waals surface area contributed by atoms with Crippen LogP contribution in [0.3, 0.4) is 0 Å². The fourth-order valence-corrected chi connectivity index (χ4v) is 1.78. The number of nitrogens with zero attached hydrogens (tertiary/aromatic N) is 4. The second-order valence-electron chi connectivity index (χ2n) is 4.36. The molecular weight excluding hydrogens is 258 g/mol. The number of aryl methyl sites for hydroxylation is 1. The third kappa shape index (κ3) is 3.11. The number of hydrogen-bond acceptors (Lipinski definition) is 5. The van der Waals surface area contributed by atoms with Gasteiger partial charge < -0.3 is 5.32 Å². The summed E-state index contributed by atoms with van der Waals surface area (Å²) in [5.41, 5.74) is 1.35. The number of hydrogen-bond donors (Lipinski definition) is 1. The molecule has 0 saturated carbocycles. The molecule has 20 heavy (non-hydrogen) atoms. The molecule has 0 saturated heterocycles. The molecule has 1 N–H and O–H groups in total. The van der Waals surface area contributed by atoms with E-state index in [1.807, 2.05) is 20.0 Å². The van der Waals surface area contributed by atoms with Crippen molar-refractivity contribution in [3.63, 3.8) is 0 Å². The summed E-state index contributed by atoms with van der Waals surface area (Å²) in [7, 11) is 0. The average Bonchev–Trinajstić information content (AvgIpc) is 2.93. The molecule has 2 rings (SSSR count). The first kappa shape index (κ1) is 14.0. The minimum atomic E-state index is -0.410. The van der Waals surface area contributed by atoms with Gasteiger partial charge in [0.2, 0.25) is 0 Å². The predicted molar refractivity (Wildman–Crippen MR) is 76.6 cm³/mol. The highest BCUT2D eigenvalue weighted by atomic mass is 16.6. The molecule has 0 radical (unpaired) electrons. The normalized spacial score (nSPS) is 10.5. The number of pyridine rings is 1. The van der Waals surface area contributed by atoms with E-state index in [2.05, 4.69) is 15.4 Å². The van der Waals surface area contributed by atoms with Gasteiger partial charge in [-0.3, -0.25) is 14.8 Å². The fourth-order valence-electron chi connectivity index (χ4n) is 1.78. The zero-order valence-corrected chi connectivity index (χ0v) is 11.5. The van der Waals surface area contributed by atoms with Crippen molar-refractivity contribution in [3.05, 3.63) is 34.6 Å². The summed E-state index contributed by atoms with van der Waals surface area (Å²) in [6.07, 6.45) is 4.42. The van der Waals surface area contributed by atoms with Crippen LogP contribution in [0.15, 0.2) is 24.5 Å². The first-order valence-corrected chi connectivity index (χ1v) is 6.57. The van der Waals surface area contributed by atoms with Gasteiger partial charge in [0, 0.05) is 30.9 Å². The van der Waals surface area contributed by atoms with Crippen molar-refractivity contribution >= 4 is 11.5 Å². The molecule has 0 aromatic carbocycles. The smallest absolute Gasteiger partial charge is 0.275 e. The molecule has 0 unspecified atom stereocenters. The van der Waals surface area contributed by atoms with Gasteiger partial charge in [-0.15, -0.1) is 0 Å². The van der Waals surface area contributed by atoms with Crippen LogP contribution in [0.1, 0.15) is 20.3 Å². The van der Waals surface area contributed by atoms with E-state index in [1.165, 1.54) is 12.1 Å². The van der Waals surface area contributed by atoms with E-state index in [0.717, 1.165) is 25.1 Å². The Hall–Kier alpha value is -2.44. The lowest BCUT2D eigenvalue weighted by Gasteiger charge is -2.05. The maximum absolute atomic E-state index is 11.0. The first-order chi connectivity index (χ1) is 9.63. The van der Waals surface area contributed by atoms with Crippen LogP contribution in [0.2, 0.25) is 0 Å². The van der Waals surface area contributed by atoms with Gasteiger partial charge >= 0.3 is 0 Å². The van der Waals surface area contributed by atoms with Gasteiger partial charge in [-0.1, -0.05) is 6.92 Å². The standard InChI is InChI=1S/C13H17N5O2/c1-3-5-14-13-7-11(18(19)20)6-12(16-13)10-8-15-17(4-2)9-10/h6-9H,3-5H2,1-2H3,(H,14,16). The van der Waals surface area contributed by atoms with Crippen molar-refractivity contribution in [2.45, 2.75) is 26.8 Å². The number of rotatable bonds is 6. The largest absolute Gasteiger partial charge is 0.370 e. The number of aromatic nitrogens is 3. The first-order valence-electron chi connectivity index (χ1n) is 6.57. The van der Waals surface area contributed by atoms with Crippen molar-refractivity contribution < 1.29 is 4.92 Å². The molecule has 0 aliphatic rings. The molecule has 2 aromatic rings. The van der Waals surface area contributed by atoms with Crippen LogP contribution >= 0.6 is 0 Å². The lowest BCUT2D eigenvalue weighted by molar-refractivity contribution is -0.384. The minimum absolute atomic E-state index is 0.0258. The number of anilines is 1. The fraction of sp³-hybridized carbons (Fsp3) is 0.385. The Balaban J connectivity index is 2.40. The molecule has 2 aromatic heterocycles. The highest BCUT2D eigenvalue weighted by Crippen LogP contribution is 2.24. The van der Waals surface area contributed by atoms with Crippen LogP contribution in [0.5, 0.6) is 0 Å².